The Labute approximate surface area is 111 Å². The SMILES string of the molecule is Cc1ccc2cc(C(=O)N3CCCC(O)C3)oc2c1. The zero-order chi connectivity index (χ0) is 13.4. The minimum Gasteiger partial charge on any atom is -0.451 e. The van der Waals surface area contributed by atoms with Gasteiger partial charge in [-0.25, -0.2) is 0 Å². The molecule has 0 radical (unpaired) electrons. The molecule has 1 fully saturated rings. The molecule has 3 rings (SSSR count). The average Bonchev–Trinajstić information content (AvgIpc) is 2.80. The molecule has 1 atom stereocenters. The molecule has 4 nitrogen and oxygen atoms in total. The van der Waals surface area contributed by atoms with E-state index in [0.717, 1.165) is 29.4 Å². The highest BCUT2D eigenvalue weighted by Gasteiger charge is 2.25. The number of fused-ring (bicyclic) bond motifs is 1. The minimum absolute atomic E-state index is 0.132. The number of furan rings is 1. The molecule has 1 aliphatic rings. The number of hydrogen-bond acceptors (Lipinski definition) is 3. The van der Waals surface area contributed by atoms with Gasteiger partial charge in [-0.05, 0) is 37.5 Å². The second-order valence-electron chi connectivity index (χ2n) is 5.20. The molecule has 1 saturated heterocycles. The van der Waals surface area contributed by atoms with E-state index < -0.39 is 6.10 Å². The predicted molar refractivity (Wildman–Crippen MR) is 72.1 cm³/mol. The standard InChI is InChI=1S/C15H17NO3/c1-10-4-5-11-8-14(19-13(11)7-10)15(18)16-6-2-3-12(17)9-16/h4-5,7-8,12,17H,2-3,6,9H2,1H3. The van der Waals surface area contributed by atoms with Gasteiger partial charge >= 0.3 is 0 Å². The molecule has 2 heterocycles. The molecule has 0 aliphatic carbocycles. The zero-order valence-electron chi connectivity index (χ0n) is 10.9. The van der Waals surface area contributed by atoms with Crippen LogP contribution >= 0.6 is 0 Å². The number of piperidine rings is 1. The van der Waals surface area contributed by atoms with Gasteiger partial charge in [0.2, 0.25) is 0 Å². The Bertz CT molecular complexity index is 617. The van der Waals surface area contributed by atoms with Crippen LogP contribution < -0.4 is 0 Å². The fourth-order valence-electron chi connectivity index (χ4n) is 2.54. The summed E-state index contributed by atoms with van der Waals surface area (Å²) in [5.74, 6) is 0.224. The second kappa shape index (κ2) is 4.70. The topological polar surface area (TPSA) is 53.7 Å². The Hall–Kier alpha value is -1.81. The molecule has 0 spiro atoms. The van der Waals surface area contributed by atoms with E-state index in [9.17, 15) is 9.90 Å². The van der Waals surface area contributed by atoms with Crippen LogP contribution in [-0.4, -0.2) is 35.1 Å². The number of aliphatic hydroxyl groups excluding tert-OH is 1. The molecule has 1 unspecified atom stereocenters. The van der Waals surface area contributed by atoms with Crippen molar-refractivity contribution in [2.75, 3.05) is 13.1 Å². The summed E-state index contributed by atoms with van der Waals surface area (Å²) in [6.45, 7) is 3.07. The van der Waals surface area contributed by atoms with Crippen LogP contribution in [0.4, 0.5) is 0 Å². The van der Waals surface area contributed by atoms with Gasteiger partial charge in [0.25, 0.3) is 5.91 Å². The van der Waals surface area contributed by atoms with Gasteiger partial charge in [0.15, 0.2) is 5.76 Å². The zero-order valence-corrected chi connectivity index (χ0v) is 10.9. The fourth-order valence-corrected chi connectivity index (χ4v) is 2.54. The summed E-state index contributed by atoms with van der Waals surface area (Å²) < 4.78 is 5.63. The Morgan fingerprint density at radius 2 is 2.26 bits per heavy atom. The van der Waals surface area contributed by atoms with Gasteiger partial charge in [-0.1, -0.05) is 12.1 Å². The monoisotopic (exact) mass is 259 g/mol. The molecule has 2 aromatic rings. The van der Waals surface area contributed by atoms with Gasteiger partial charge < -0.3 is 14.4 Å². The number of carbonyl (C=O) groups is 1. The fraction of sp³-hybridized carbons (Fsp3) is 0.400. The molecule has 1 aliphatic heterocycles. The van der Waals surface area contributed by atoms with Gasteiger partial charge in [-0.2, -0.15) is 0 Å². The minimum atomic E-state index is -0.413. The van der Waals surface area contributed by atoms with Gasteiger partial charge in [0.1, 0.15) is 5.58 Å². The summed E-state index contributed by atoms with van der Waals surface area (Å²) in [5, 5.41) is 10.6. The number of amides is 1. The maximum Gasteiger partial charge on any atom is 0.289 e. The molecule has 0 bridgehead atoms. The number of β-amino-alcohol motifs (C(OH)–C–C–N with tert-alkyl or cyclic N) is 1. The number of benzene rings is 1. The molecule has 4 heteroatoms. The lowest BCUT2D eigenvalue weighted by molar-refractivity contribution is 0.0450. The summed E-state index contributed by atoms with van der Waals surface area (Å²) in [4.78, 5) is 14.0. The van der Waals surface area contributed by atoms with Crippen LogP contribution in [0.5, 0.6) is 0 Å². The highest BCUT2D eigenvalue weighted by atomic mass is 16.3. The average molecular weight is 259 g/mol. The number of aliphatic hydroxyl groups is 1. The quantitative estimate of drug-likeness (QED) is 0.855. The van der Waals surface area contributed by atoms with Crippen molar-refractivity contribution in [3.05, 3.63) is 35.6 Å². The summed E-state index contributed by atoms with van der Waals surface area (Å²) in [6, 6.07) is 7.65. The number of likely N-dealkylation sites (tertiary alicyclic amines) is 1. The van der Waals surface area contributed by atoms with Crippen LogP contribution in [0, 0.1) is 6.92 Å². The first-order chi connectivity index (χ1) is 9.13. The maximum absolute atomic E-state index is 12.3. The van der Waals surface area contributed by atoms with E-state index in [1.54, 1.807) is 11.0 Å². The van der Waals surface area contributed by atoms with E-state index in [-0.39, 0.29) is 5.91 Å². The highest BCUT2D eigenvalue weighted by Crippen LogP contribution is 2.22. The summed E-state index contributed by atoms with van der Waals surface area (Å²) >= 11 is 0. The molecule has 1 N–H and O–H groups in total. The van der Waals surface area contributed by atoms with E-state index in [4.69, 9.17) is 4.42 Å². The van der Waals surface area contributed by atoms with Crippen molar-refractivity contribution in [3.63, 3.8) is 0 Å². The van der Waals surface area contributed by atoms with E-state index in [1.807, 2.05) is 25.1 Å². The first-order valence-electron chi connectivity index (χ1n) is 6.61. The van der Waals surface area contributed by atoms with Crippen LogP contribution in [-0.2, 0) is 0 Å². The van der Waals surface area contributed by atoms with Crippen LogP contribution in [0.15, 0.2) is 28.7 Å². The lowest BCUT2D eigenvalue weighted by Crippen LogP contribution is -2.42. The second-order valence-corrected chi connectivity index (χ2v) is 5.20. The number of nitrogens with zero attached hydrogens (tertiary/aromatic N) is 1. The third kappa shape index (κ3) is 2.36. The van der Waals surface area contributed by atoms with Crippen LogP contribution in [0.3, 0.4) is 0 Å². The summed E-state index contributed by atoms with van der Waals surface area (Å²) in [5.41, 5.74) is 1.84. The Morgan fingerprint density at radius 3 is 3.05 bits per heavy atom. The van der Waals surface area contributed by atoms with Crippen LogP contribution in [0.1, 0.15) is 29.0 Å². The Morgan fingerprint density at radius 1 is 1.42 bits per heavy atom. The lowest BCUT2D eigenvalue weighted by atomic mass is 10.1. The molecule has 1 amide bonds. The molecule has 1 aromatic carbocycles. The number of hydrogen-bond donors (Lipinski definition) is 1. The van der Waals surface area contributed by atoms with Crippen molar-refractivity contribution in [1.82, 2.24) is 4.90 Å². The third-order valence-corrected chi connectivity index (χ3v) is 3.57. The first-order valence-corrected chi connectivity index (χ1v) is 6.61. The van der Waals surface area contributed by atoms with Crippen molar-refractivity contribution in [2.45, 2.75) is 25.9 Å². The number of aryl methyl sites for hydroxylation is 1. The largest absolute Gasteiger partial charge is 0.451 e. The highest BCUT2D eigenvalue weighted by molar-refractivity contribution is 5.96. The number of carbonyl (C=O) groups excluding carboxylic acids is 1. The van der Waals surface area contributed by atoms with E-state index in [2.05, 4.69) is 0 Å². The normalized spacial score (nSPS) is 19.9. The summed E-state index contributed by atoms with van der Waals surface area (Å²) in [7, 11) is 0. The maximum atomic E-state index is 12.3. The van der Waals surface area contributed by atoms with E-state index >= 15 is 0 Å². The lowest BCUT2D eigenvalue weighted by Gasteiger charge is -2.29. The van der Waals surface area contributed by atoms with E-state index in [1.165, 1.54) is 0 Å². The number of rotatable bonds is 1. The van der Waals surface area contributed by atoms with Gasteiger partial charge in [0.05, 0.1) is 6.10 Å². The Balaban J connectivity index is 1.88. The van der Waals surface area contributed by atoms with E-state index in [0.29, 0.717) is 18.8 Å². The van der Waals surface area contributed by atoms with Gasteiger partial charge in [-0.15, -0.1) is 0 Å². The van der Waals surface area contributed by atoms with Gasteiger partial charge in [-0.3, -0.25) is 4.79 Å². The first kappa shape index (κ1) is 12.2. The van der Waals surface area contributed by atoms with Crippen molar-refractivity contribution < 1.29 is 14.3 Å². The van der Waals surface area contributed by atoms with Crippen molar-refractivity contribution in [2.24, 2.45) is 0 Å². The van der Waals surface area contributed by atoms with Crippen LogP contribution in [0.25, 0.3) is 11.0 Å². The molecule has 100 valence electrons. The third-order valence-electron chi connectivity index (χ3n) is 3.57. The molecule has 1 aromatic heterocycles. The predicted octanol–water partition coefficient (Wildman–Crippen LogP) is 2.34. The van der Waals surface area contributed by atoms with Gasteiger partial charge in [0, 0.05) is 18.5 Å². The van der Waals surface area contributed by atoms with Crippen molar-refractivity contribution in [1.29, 1.82) is 0 Å². The molecular weight excluding hydrogens is 242 g/mol. The van der Waals surface area contributed by atoms with Crippen molar-refractivity contribution >= 4 is 16.9 Å². The Kier molecular flexibility index (Phi) is 3.03. The molecule has 19 heavy (non-hydrogen) atoms. The molecule has 0 saturated carbocycles. The van der Waals surface area contributed by atoms with Crippen LogP contribution in [0.2, 0.25) is 0 Å². The molecular formula is C15H17NO3. The van der Waals surface area contributed by atoms with Crippen molar-refractivity contribution in [3.8, 4) is 0 Å². The summed E-state index contributed by atoms with van der Waals surface area (Å²) in [6.07, 6.45) is 1.19. The smallest absolute Gasteiger partial charge is 0.289 e.